The lowest BCUT2D eigenvalue weighted by molar-refractivity contribution is 0.00736. The highest BCUT2D eigenvalue weighted by molar-refractivity contribution is 5.92. The quantitative estimate of drug-likeness (QED) is 0.917. The number of ether oxygens (including phenoxy) is 1. The van der Waals surface area contributed by atoms with Crippen LogP contribution in [0.5, 0.6) is 0 Å². The third-order valence-corrected chi connectivity index (χ3v) is 3.60. The predicted molar refractivity (Wildman–Crippen MR) is 76.4 cm³/mol. The number of amides is 1. The number of nitrogens with zero attached hydrogens (tertiary/aromatic N) is 2. The van der Waals surface area contributed by atoms with E-state index in [1.165, 1.54) is 0 Å². The van der Waals surface area contributed by atoms with Gasteiger partial charge in [-0.1, -0.05) is 20.8 Å². The van der Waals surface area contributed by atoms with Crippen LogP contribution < -0.4 is 5.32 Å². The van der Waals surface area contributed by atoms with Crippen LogP contribution in [0.25, 0.3) is 0 Å². The third kappa shape index (κ3) is 3.54. The molecule has 0 saturated carbocycles. The van der Waals surface area contributed by atoms with Crippen molar-refractivity contribution in [3.05, 3.63) is 23.8 Å². The first-order chi connectivity index (χ1) is 9.38. The number of carbonyl (C=O) groups is 1. The van der Waals surface area contributed by atoms with Crippen LogP contribution in [0.3, 0.4) is 0 Å². The topological polar surface area (TPSA) is 64.1 Å². The van der Waals surface area contributed by atoms with Gasteiger partial charge in [-0.05, 0) is 24.8 Å². The minimum Gasteiger partial charge on any atom is -0.377 e. The van der Waals surface area contributed by atoms with Crippen LogP contribution in [0.2, 0.25) is 0 Å². The van der Waals surface area contributed by atoms with Crippen molar-refractivity contribution in [3.63, 3.8) is 0 Å². The van der Waals surface area contributed by atoms with Gasteiger partial charge in [0.05, 0.1) is 6.10 Å². The molecular formula is C15H23N3O2. The van der Waals surface area contributed by atoms with Gasteiger partial charge in [0, 0.05) is 25.3 Å². The molecule has 0 radical (unpaired) electrons. The highest BCUT2D eigenvalue weighted by Gasteiger charge is 2.37. The first-order valence-corrected chi connectivity index (χ1v) is 7.07. The van der Waals surface area contributed by atoms with Gasteiger partial charge in [0.15, 0.2) is 0 Å². The molecule has 110 valence electrons. The van der Waals surface area contributed by atoms with Gasteiger partial charge in [-0.2, -0.15) is 0 Å². The smallest absolute Gasteiger partial charge is 0.270 e. The Morgan fingerprint density at radius 1 is 1.50 bits per heavy atom. The summed E-state index contributed by atoms with van der Waals surface area (Å²) in [5.74, 6) is 0.825. The van der Waals surface area contributed by atoms with Crippen molar-refractivity contribution < 1.29 is 9.53 Å². The summed E-state index contributed by atoms with van der Waals surface area (Å²) in [4.78, 5) is 20.2. The van der Waals surface area contributed by atoms with Gasteiger partial charge in [-0.25, -0.2) is 9.97 Å². The Morgan fingerprint density at radius 3 is 2.90 bits per heavy atom. The fourth-order valence-electron chi connectivity index (χ4n) is 2.70. The summed E-state index contributed by atoms with van der Waals surface area (Å²) in [6.07, 6.45) is 2.79. The second-order valence-corrected chi connectivity index (χ2v) is 6.41. The third-order valence-electron chi connectivity index (χ3n) is 3.60. The van der Waals surface area contributed by atoms with Gasteiger partial charge < -0.3 is 10.1 Å². The van der Waals surface area contributed by atoms with Crippen molar-refractivity contribution in [2.75, 3.05) is 13.2 Å². The van der Waals surface area contributed by atoms with Crippen molar-refractivity contribution in [2.45, 2.75) is 40.2 Å². The van der Waals surface area contributed by atoms with Crippen LogP contribution in [-0.2, 0) is 4.74 Å². The summed E-state index contributed by atoms with van der Waals surface area (Å²) in [6, 6.07) is 1.63. The molecule has 5 nitrogen and oxygen atoms in total. The first kappa shape index (κ1) is 14.9. The molecule has 1 aromatic heterocycles. The van der Waals surface area contributed by atoms with Crippen molar-refractivity contribution in [1.82, 2.24) is 15.3 Å². The summed E-state index contributed by atoms with van der Waals surface area (Å²) in [5, 5.41) is 2.96. The fourth-order valence-corrected chi connectivity index (χ4v) is 2.70. The van der Waals surface area contributed by atoms with Crippen LogP contribution >= 0.6 is 0 Å². The van der Waals surface area contributed by atoms with Crippen LogP contribution in [0, 0.1) is 18.3 Å². The second kappa shape index (κ2) is 5.87. The van der Waals surface area contributed by atoms with Gasteiger partial charge >= 0.3 is 0 Å². The van der Waals surface area contributed by atoms with Crippen molar-refractivity contribution in [3.8, 4) is 0 Å². The van der Waals surface area contributed by atoms with Crippen molar-refractivity contribution >= 4 is 5.91 Å². The van der Waals surface area contributed by atoms with Gasteiger partial charge in [0.1, 0.15) is 11.5 Å². The van der Waals surface area contributed by atoms with E-state index in [0.29, 0.717) is 24.0 Å². The number of hydrogen-bond donors (Lipinski definition) is 1. The van der Waals surface area contributed by atoms with Crippen LogP contribution in [0.1, 0.15) is 43.5 Å². The summed E-state index contributed by atoms with van der Waals surface area (Å²) in [7, 11) is 0. The highest BCUT2D eigenvalue weighted by atomic mass is 16.5. The number of rotatable bonds is 3. The highest BCUT2D eigenvalue weighted by Crippen LogP contribution is 2.34. The SMILES string of the molecule is Cc1nccc(C(=O)NC[C@H]2CCO[C@@H]2C(C)(C)C)n1. The maximum absolute atomic E-state index is 12.1. The monoisotopic (exact) mass is 277 g/mol. The van der Waals surface area contributed by atoms with Crippen LogP contribution in [0.4, 0.5) is 0 Å². The fraction of sp³-hybridized carbons (Fsp3) is 0.667. The molecule has 1 saturated heterocycles. The molecule has 1 N–H and O–H groups in total. The lowest BCUT2D eigenvalue weighted by atomic mass is 9.81. The molecule has 1 aliphatic rings. The number of carbonyl (C=O) groups excluding carboxylic acids is 1. The molecular weight excluding hydrogens is 254 g/mol. The van der Waals surface area contributed by atoms with E-state index < -0.39 is 0 Å². The summed E-state index contributed by atoms with van der Waals surface area (Å²) in [6.45, 7) is 9.69. The number of hydrogen-bond acceptors (Lipinski definition) is 4. The Labute approximate surface area is 120 Å². The van der Waals surface area contributed by atoms with Gasteiger partial charge in [-0.3, -0.25) is 4.79 Å². The lowest BCUT2D eigenvalue weighted by Crippen LogP contribution is -2.38. The zero-order valence-corrected chi connectivity index (χ0v) is 12.6. The Hall–Kier alpha value is -1.49. The van der Waals surface area contributed by atoms with E-state index in [1.807, 2.05) is 0 Å². The predicted octanol–water partition coefficient (Wildman–Crippen LogP) is 1.97. The second-order valence-electron chi connectivity index (χ2n) is 6.41. The van der Waals surface area contributed by atoms with E-state index in [1.54, 1.807) is 19.2 Å². The average molecular weight is 277 g/mol. The molecule has 0 aromatic carbocycles. The summed E-state index contributed by atoms with van der Waals surface area (Å²) in [5.41, 5.74) is 0.515. The molecule has 0 unspecified atom stereocenters. The molecule has 20 heavy (non-hydrogen) atoms. The molecule has 5 heteroatoms. The molecule has 1 amide bonds. The molecule has 1 aliphatic heterocycles. The maximum atomic E-state index is 12.1. The van der Waals surface area contributed by atoms with E-state index in [2.05, 4.69) is 36.1 Å². The number of aromatic nitrogens is 2. The molecule has 0 spiro atoms. The molecule has 2 atom stereocenters. The van der Waals surface area contributed by atoms with Gasteiger partial charge in [0.25, 0.3) is 5.91 Å². The maximum Gasteiger partial charge on any atom is 0.270 e. The molecule has 1 aromatic rings. The zero-order chi connectivity index (χ0) is 14.8. The summed E-state index contributed by atoms with van der Waals surface area (Å²) >= 11 is 0. The van der Waals surface area contributed by atoms with E-state index >= 15 is 0 Å². The minimum atomic E-state index is -0.143. The van der Waals surface area contributed by atoms with Gasteiger partial charge in [0.2, 0.25) is 0 Å². The van der Waals surface area contributed by atoms with Gasteiger partial charge in [-0.15, -0.1) is 0 Å². The molecule has 1 fully saturated rings. The van der Waals surface area contributed by atoms with E-state index in [9.17, 15) is 4.79 Å². The number of nitrogens with one attached hydrogen (secondary N) is 1. The Balaban J connectivity index is 1.93. The van der Waals surface area contributed by atoms with E-state index in [-0.39, 0.29) is 17.4 Å². The Morgan fingerprint density at radius 2 is 2.25 bits per heavy atom. The Kier molecular flexibility index (Phi) is 4.38. The molecule has 0 aliphatic carbocycles. The minimum absolute atomic E-state index is 0.0946. The zero-order valence-electron chi connectivity index (χ0n) is 12.6. The number of aryl methyl sites for hydroxylation is 1. The van der Waals surface area contributed by atoms with E-state index in [4.69, 9.17) is 4.74 Å². The van der Waals surface area contributed by atoms with Crippen LogP contribution in [0.15, 0.2) is 12.3 Å². The molecule has 0 bridgehead atoms. The van der Waals surface area contributed by atoms with Crippen molar-refractivity contribution in [1.29, 1.82) is 0 Å². The average Bonchev–Trinajstić information content (AvgIpc) is 2.84. The van der Waals surface area contributed by atoms with E-state index in [0.717, 1.165) is 13.0 Å². The van der Waals surface area contributed by atoms with Crippen molar-refractivity contribution in [2.24, 2.45) is 11.3 Å². The molecule has 2 heterocycles. The summed E-state index contributed by atoms with van der Waals surface area (Å²) < 4.78 is 5.81. The lowest BCUT2D eigenvalue weighted by Gasteiger charge is -2.31. The standard InChI is InChI=1S/C15H23N3O2/c1-10-16-7-5-12(18-10)14(19)17-9-11-6-8-20-13(11)15(2,3)4/h5,7,11,13H,6,8-9H2,1-4H3,(H,17,19)/t11-,13+/m1/s1. The Bertz CT molecular complexity index is 482. The molecule has 2 rings (SSSR count). The largest absolute Gasteiger partial charge is 0.377 e. The normalized spacial score (nSPS) is 22.8. The first-order valence-electron chi connectivity index (χ1n) is 7.07. The van der Waals surface area contributed by atoms with Crippen LogP contribution in [-0.4, -0.2) is 35.1 Å².